The summed E-state index contributed by atoms with van der Waals surface area (Å²) in [5.41, 5.74) is 2.67. The Morgan fingerprint density at radius 3 is 2.80 bits per heavy atom. The summed E-state index contributed by atoms with van der Waals surface area (Å²) in [6, 6.07) is 7.82. The number of esters is 1. The number of fused-ring (bicyclic) bond motifs is 1. The predicted octanol–water partition coefficient (Wildman–Crippen LogP) is 4.94. The van der Waals surface area contributed by atoms with Crippen LogP contribution in [0.4, 0.5) is 5.00 Å². The molecule has 2 aromatic heterocycles. The second-order valence-electron chi connectivity index (χ2n) is 8.77. The number of aromatic nitrogens is 3. The first kappa shape index (κ1) is 25.2. The van der Waals surface area contributed by atoms with Gasteiger partial charge in [-0.3, -0.25) is 4.79 Å². The van der Waals surface area contributed by atoms with Gasteiger partial charge in [0.25, 0.3) is 0 Å². The normalized spacial score (nSPS) is 12.9. The maximum atomic E-state index is 12.8. The number of aryl methyl sites for hydroxylation is 2. The topological polar surface area (TPSA) is 95.3 Å². The molecule has 0 atom stereocenters. The van der Waals surface area contributed by atoms with Crippen LogP contribution in [0.3, 0.4) is 0 Å². The molecule has 1 aliphatic carbocycles. The summed E-state index contributed by atoms with van der Waals surface area (Å²) < 4.78 is 13.1. The number of rotatable bonds is 9. The molecule has 8 nitrogen and oxygen atoms in total. The van der Waals surface area contributed by atoms with Gasteiger partial charge >= 0.3 is 5.97 Å². The van der Waals surface area contributed by atoms with Crippen molar-refractivity contribution in [1.29, 1.82) is 0 Å². The van der Waals surface area contributed by atoms with Crippen molar-refractivity contribution in [2.45, 2.75) is 64.3 Å². The van der Waals surface area contributed by atoms with Crippen LogP contribution in [0, 0.1) is 6.92 Å². The average Bonchev–Trinajstić information content (AvgIpc) is 3.35. The highest BCUT2D eigenvalue weighted by atomic mass is 32.2. The monoisotopic (exact) mass is 514 g/mol. The summed E-state index contributed by atoms with van der Waals surface area (Å²) in [6.07, 6.45) is 3.68. The SMILES string of the molecule is Cc1cccc(OCc2nnc(SCC(=O)Nc3sc4c(c3C(=O)OC(C)C)CCCC4)n2C)c1. The van der Waals surface area contributed by atoms with Crippen LogP contribution in [0.5, 0.6) is 5.75 Å². The molecule has 1 N–H and O–H groups in total. The lowest BCUT2D eigenvalue weighted by atomic mass is 9.95. The van der Waals surface area contributed by atoms with Crippen molar-refractivity contribution >= 4 is 40.0 Å². The third kappa shape index (κ3) is 6.24. The molecule has 1 amide bonds. The number of thiophene rings is 1. The van der Waals surface area contributed by atoms with Gasteiger partial charge in [0.1, 0.15) is 17.4 Å². The van der Waals surface area contributed by atoms with Gasteiger partial charge in [0, 0.05) is 11.9 Å². The molecule has 35 heavy (non-hydrogen) atoms. The van der Waals surface area contributed by atoms with Crippen molar-refractivity contribution in [1.82, 2.24) is 14.8 Å². The van der Waals surface area contributed by atoms with Crippen molar-refractivity contribution in [2.75, 3.05) is 11.1 Å². The lowest BCUT2D eigenvalue weighted by molar-refractivity contribution is -0.113. The number of carbonyl (C=O) groups is 2. The minimum atomic E-state index is -0.367. The van der Waals surface area contributed by atoms with E-state index in [2.05, 4.69) is 15.5 Å². The van der Waals surface area contributed by atoms with Crippen LogP contribution in [0.25, 0.3) is 0 Å². The minimum Gasteiger partial charge on any atom is -0.486 e. The minimum absolute atomic E-state index is 0.145. The van der Waals surface area contributed by atoms with Crippen molar-refractivity contribution in [3.05, 3.63) is 51.7 Å². The fraction of sp³-hybridized carbons (Fsp3) is 0.440. The molecule has 0 radical (unpaired) electrons. The van der Waals surface area contributed by atoms with Gasteiger partial charge < -0.3 is 19.4 Å². The maximum absolute atomic E-state index is 12.8. The first-order chi connectivity index (χ1) is 16.8. The highest BCUT2D eigenvalue weighted by Crippen LogP contribution is 2.39. The number of anilines is 1. The third-order valence-electron chi connectivity index (χ3n) is 5.59. The fourth-order valence-corrected chi connectivity index (χ4v) is 5.91. The van der Waals surface area contributed by atoms with Crippen molar-refractivity contribution < 1.29 is 19.1 Å². The third-order valence-corrected chi connectivity index (χ3v) is 7.81. The summed E-state index contributed by atoms with van der Waals surface area (Å²) in [6.45, 7) is 5.94. The maximum Gasteiger partial charge on any atom is 0.341 e. The lowest BCUT2D eigenvalue weighted by Crippen LogP contribution is -2.19. The molecular formula is C25H30N4O4S2. The first-order valence-electron chi connectivity index (χ1n) is 11.7. The zero-order chi connectivity index (χ0) is 24.9. The highest BCUT2D eigenvalue weighted by molar-refractivity contribution is 7.99. The van der Waals surface area contributed by atoms with Gasteiger partial charge in [0.2, 0.25) is 5.91 Å². The Morgan fingerprint density at radius 1 is 1.23 bits per heavy atom. The molecule has 1 aromatic carbocycles. The Morgan fingerprint density at radius 2 is 2.03 bits per heavy atom. The van der Waals surface area contributed by atoms with E-state index in [4.69, 9.17) is 9.47 Å². The number of nitrogens with zero attached hydrogens (tertiary/aromatic N) is 3. The van der Waals surface area contributed by atoms with Gasteiger partial charge in [-0.2, -0.15) is 0 Å². The van der Waals surface area contributed by atoms with Crippen LogP contribution >= 0.6 is 23.1 Å². The summed E-state index contributed by atoms with van der Waals surface area (Å²) in [5, 5.41) is 12.5. The Kier molecular flexibility index (Phi) is 8.12. The van der Waals surface area contributed by atoms with Gasteiger partial charge in [-0.15, -0.1) is 21.5 Å². The number of carbonyl (C=O) groups excluding carboxylic acids is 2. The fourth-order valence-electron chi connectivity index (χ4n) is 3.89. The molecular weight excluding hydrogens is 484 g/mol. The van der Waals surface area contributed by atoms with E-state index in [1.165, 1.54) is 28.0 Å². The Bertz CT molecular complexity index is 1220. The largest absolute Gasteiger partial charge is 0.486 e. The van der Waals surface area contributed by atoms with E-state index in [0.717, 1.165) is 42.6 Å². The van der Waals surface area contributed by atoms with Crippen LogP contribution < -0.4 is 10.1 Å². The predicted molar refractivity (Wildman–Crippen MR) is 137 cm³/mol. The number of thioether (sulfide) groups is 1. The van der Waals surface area contributed by atoms with E-state index < -0.39 is 0 Å². The molecule has 0 unspecified atom stereocenters. The standard InChI is InChI=1S/C25H30N4O4S2/c1-15(2)33-24(31)22-18-10-5-6-11-19(18)35-23(22)26-21(30)14-34-25-28-27-20(29(25)4)13-32-17-9-7-8-16(3)12-17/h7-9,12,15H,5-6,10-11,13-14H2,1-4H3,(H,26,30). The van der Waals surface area contributed by atoms with Gasteiger partial charge in [-0.1, -0.05) is 23.9 Å². The molecule has 2 heterocycles. The number of amides is 1. The number of benzene rings is 1. The van der Waals surface area contributed by atoms with Gasteiger partial charge in [0.05, 0.1) is 17.4 Å². The molecule has 0 saturated carbocycles. The Labute approximate surface area is 213 Å². The summed E-state index contributed by atoms with van der Waals surface area (Å²) in [4.78, 5) is 26.8. The van der Waals surface area contributed by atoms with Gasteiger partial charge in [-0.25, -0.2) is 4.79 Å². The summed E-state index contributed by atoms with van der Waals surface area (Å²) in [5.74, 6) is 1.01. The van der Waals surface area contributed by atoms with E-state index in [9.17, 15) is 9.59 Å². The quantitative estimate of drug-likeness (QED) is 0.319. The average molecular weight is 515 g/mol. The van der Waals surface area contributed by atoms with Crippen LogP contribution in [-0.2, 0) is 36.0 Å². The van der Waals surface area contributed by atoms with Gasteiger partial charge in [0.15, 0.2) is 11.0 Å². The molecule has 186 valence electrons. The Balaban J connectivity index is 1.38. The van der Waals surface area contributed by atoms with E-state index >= 15 is 0 Å². The lowest BCUT2D eigenvalue weighted by Gasteiger charge is -2.14. The van der Waals surface area contributed by atoms with Crippen molar-refractivity contribution in [2.24, 2.45) is 7.05 Å². The summed E-state index contributed by atoms with van der Waals surface area (Å²) >= 11 is 2.78. The Hall–Kier alpha value is -2.85. The molecule has 1 aliphatic rings. The number of ether oxygens (including phenoxy) is 2. The zero-order valence-corrected chi connectivity index (χ0v) is 22.1. The second-order valence-corrected chi connectivity index (χ2v) is 10.8. The van der Waals surface area contributed by atoms with E-state index in [1.807, 2.05) is 56.7 Å². The van der Waals surface area contributed by atoms with E-state index in [-0.39, 0.29) is 30.3 Å². The van der Waals surface area contributed by atoms with Crippen LogP contribution in [0.15, 0.2) is 29.4 Å². The first-order valence-corrected chi connectivity index (χ1v) is 13.5. The smallest absolute Gasteiger partial charge is 0.341 e. The van der Waals surface area contributed by atoms with Crippen LogP contribution in [0.2, 0.25) is 0 Å². The summed E-state index contributed by atoms with van der Waals surface area (Å²) in [7, 11) is 1.85. The molecule has 0 aliphatic heterocycles. The molecule has 0 saturated heterocycles. The number of nitrogens with one attached hydrogen (secondary N) is 1. The molecule has 0 fully saturated rings. The van der Waals surface area contributed by atoms with Gasteiger partial charge in [-0.05, 0) is 69.7 Å². The van der Waals surface area contributed by atoms with E-state index in [1.54, 1.807) is 0 Å². The highest BCUT2D eigenvalue weighted by Gasteiger charge is 2.28. The van der Waals surface area contributed by atoms with Crippen molar-refractivity contribution in [3.63, 3.8) is 0 Å². The molecule has 0 bridgehead atoms. The second kappa shape index (κ2) is 11.3. The molecule has 4 rings (SSSR count). The van der Waals surface area contributed by atoms with Crippen LogP contribution in [-0.4, -0.2) is 38.5 Å². The van der Waals surface area contributed by atoms with Crippen molar-refractivity contribution in [3.8, 4) is 5.75 Å². The van der Waals surface area contributed by atoms with E-state index in [0.29, 0.717) is 21.5 Å². The number of hydrogen-bond donors (Lipinski definition) is 1. The van der Waals surface area contributed by atoms with Crippen LogP contribution in [0.1, 0.15) is 58.9 Å². The number of hydrogen-bond acceptors (Lipinski definition) is 8. The molecule has 3 aromatic rings. The molecule has 10 heteroatoms. The zero-order valence-electron chi connectivity index (χ0n) is 20.4. The molecule has 0 spiro atoms.